The summed E-state index contributed by atoms with van der Waals surface area (Å²) in [5.74, 6) is -0.607. The molecule has 0 aromatic carbocycles. The zero-order valence-corrected chi connectivity index (χ0v) is 12.2. The molecule has 0 saturated heterocycles. The average Bonchev–Trinajstić information content (AvgIpc) is 2.36. The zero-order valence-electron chi connectivity index (χ0n) is 11.4. The molecule has 1 atom stereocenters. The van der Waals surface area contributed by atoms with Gasteiger partial charge in [-0.3, -0.25) is 4.79 Å². The van der Waals surface area contributed by atoms with Crippen LogP contribution in [0.2, 0.25) is 0 Å². The minimum Gasteiger partial charge on any atom is -0.374 e. The summed E-state index contributed by atoms with van der Waals surface area (Å²) in [4.78, 5) is 15.3. The summed E-state index contributed by atoms with van der Waals surface area (Å²) in [5, 5.41) is 0. The van der Waals surface area contributed by atoms with Gasteiger partial charge in [-0.1, -0.05) is 38.0 Å². The maximum absolute atomic E-state index is 11.8. The van der Waals surface area contributed by atoms with Gasteiger partial charge in [-0.2, -0.15) is 4.99 Å². The monoisotopic (exact) mass is 287 g/mol. The van der Waals surface area contributed by atoms with Crippen LogP contribution in [0.4, 0.5) is 0 Å². The molecule has 6 heteroatoms. The SMILES string of the molecule is CCCCC1(OC)C=CC=C(C(=O)N=C(N)N)C1.Cl. The second-order valence-electron chi connectivity index (χ2n) is 4.44. The number of amides is 1. The van der Waals surface area contributed by atoms with Gasteiger partial charge in [0.25, 0.3) is 5.91 Å². The molecule has 1 aliphatic carbocycles. The molecule has 108 valence electrons. The van der Waals surface area contributed by atoms with E-state index in [4.69, 9.17) is 16.2 Å². The van der Waals surface area contributed by atoms with Gasteiger partial charge in [0.2, 0.25) is 0 Å². The van der Waals surface area contributed by atoms with Crippen LogP contribution in [-0.2, 0) is 9.53 Å². The molecule has 0 bridgehead atoms. The molecule has 0 aromatic rings. The van der Waals surface area contributed by atoms with E-state index >= 15 is 0 Å². The Morgan fingerprint density at radius 2 is 2.21 bits per heavy atom. The van der Waals surface area contributed by atoms with Crippen molar-refractivity contribution in [3.05, 3.63) is 23.8 Å². The van der Waals surface area contributed by atoms with Gasteiger partial charge < -0.3 is 16.2 Å². The number of ether oxygens (including phenoxy) is 1. The number of hydrogen-bond donors (Lipinski definition) is 2. The van der Waals surface area contributed by atoms with E-state index in [2.05, 4.69) is 11.9 Å². The predicted molar refractivity (Wildman–Crippen MR) is 79.2 cm³/mol. The highest BCUT2D eigenvalue weighted by molar-refractivity contribution is 6.01. The summed E-state index contributed by atoms with van der Waals surface area (Å²) < 4.78 is 5.58. The van der Waals surface area contributed by atoms with Crippen LogP contribution in [0.25, 0.3) is 0 Å². The molecule has 5 nitrogen and oxygen atoms in total. The van der Waals surface area contributed by atoms with E-state index in [9.17, 15) is 4.79 Å². The van der Waals surface area contributed by atoms with Crippen molar-refractivity contribution in [2.24, 2.45) is 16.5 Å². The molecule has 0 aliphatic heterocycles. The van der Waals surface area contributed by atoms with Crippen LogP contribution in [0.1, 0.15) is 32.6 Å². The fourth-order valence-electron chi connectivity index (χ4n) is 2.01. The van der Waals surface area contributed by atoms with Crippen LogP contribution in [0.5, 0.6) is 0 Å². The Kier molecular flexibility index (Phi) is 7.41. The zero-order chi connectivity index (χ0) is 13.6. The van der Waals surface area contributed by atoms with Crippen molar-refractivity contribution in [2.75, 3.05) is 7.11 Å². The van der Waals surface area contributed by atoms with E-state index in [0.717, 1.165) is 19.3 Å². The lowest BCUT2D eigenvalue weighted by Gasteiger charge is -2.31. The van der Waals surface area contributed by atoms with Crippen molar-refractivity contribution in [1.29, 1.82) is 0 Å². The van der Waals surface area contributed by atoms with Gasteiger partial charge >= 0.3 is 0 Å². The molecule has 0 spiro atoms. The van der Waals surface area contributed by atoms with Gasteiger partial charge in [0.05, 0.1) is 5.60 Å². The molecule has 0 radical (unpaired) electrons. The maximum atomic E-state index is 11.8. The molecule has 1 rings (SSSR count). The minimum absolute atomic E-state index is 0. The molecular weight excluding hydrogens is 266 g/mol. The Morgan fingerprint density at radius 1 is 1.53 bits per heavy atom. The minimum atomic E-state index is -0.408. The van der Waals surface area contributed by atoms with Crippen molar-refractivity contribution in [1.82, 2.24) is 0 Å². The number of rotatable bonds is 5. The second-order valence-corrected chi connectivity index (χ2v) is 4.44. The van der Waals surface area contributed by atoms with Crippen molar-refractivity contribution in [3.63, 3.8) is 0 Å². The fourth-order valence-corrected chi connectivity index (χ4v) is 2.01. The molecule has 0 aromatic heterocycles. The number of aliphatic imine (C=N–C) groups is 1. The smallest absolute Gasteiger partial charge is 0.276 e. The number of carbonyl (C=O) groups excluding carboxylic acids is 1. The number of carbonyl (C=O) groups is 1. The van der Waals surface area contributed by atoms with Crippen LogP contribution < -0.4 is 11.5 Å². The number of nitrogens with zero attached hydrogens (tertiary/aromatic N) is 1. The Bertz CT molecular complexity index is 401. The third-order valence-corrected chi connectivity index (χ3v) is 3.05. The van der Waals surface area contributed by atoms with Gasteiger partial charge in [0.1, 0.15) is 0 Å². The maximum Gasteiger partial charge on any atom is 0.276 e. The van der Waals surface area contributed by atoms with E-state index < -0.39 is 11.5 Å². The van der Waals surface area contributed by atoms with Gasteiger partial charge in [0.15, 0.2) is 5.96 Å². The molecule has 1 aliphatic rings. The quantitative estimate of drug-likeness (QED) is 0.594. The van der Waals surface area contributed by atoms with Crippen LogP contribution in [0, 0.1) is 0 Å². The Labute approximate surface area is 120 Å². The first-order valence-corrected chi connectivity index (χ1v) is 6.10. The molecule has 19 heavy (non-hydrogen) atoms. The molecule has 0 fully saturated rings. The van der Waals surface area contributed by atoms with E-state index in [-0.39, 0.29) is 18.4 Å². The van der Waals surface area contributed by atoms with Crippen molar-refractivity contribution in [3.8, 4) is 0 Å². The molecule has 0 saturated carbocycles. The van der Waals surface area contributed by atoms with E-state index in [0.29, 0.717) is 12.0 Å². The number of halogens is 1. The van der Waals surface area contributed by atoms with E-state index in [1.807, 2.05) is 12.2 Å². The Morgan fingerprint density at radius 3 is 2.74 bits per heavy atom. The summed E-state index contributed by atoms with van der Waals surface area (Å²) in [5.41, 5.74) is 10.6. The summed E-state index contributed by atoms with van der Waals surface area (Å²) >= 11 is 0. The molecule has 0 heterocycles. The molecule has 1 amide bonds. The molecule has 4 N–H and O–H groups in total. The number of methoxy groups -OCH3 is 1. The lowest BCUT2D eigenvalue weighted by Crippen LogP contribution is -2.33. The number of nitrogens with two attached hydrogens (primary N) is 2. The topological polar surface area (TPSA) is 90.7 Å². The van der Waals surface area contributed by atoms with Crippen LogP contribution in [0.3, 0.4) is 0 Å². The first-order valence-electron chi connectivity index (χ1n) is 6.10. The fraction of sp³-hybridized carbons (Fsp3) is 0.538. The summed E-state index contributed by atoms with van der Waals surface area (Å²) in [6.45, 7) is 2.12. The highest BCUT2D eigenvalue weighted by Gasteiger charge is 2.31. The number of guanidine groups is 1. The van der Waals surface area contributed by atoms with E-state index in [1.165, 1.54) is 0 Å². The highest BCUT2D eigenvalue weighted by atomic mass is 35.5. The Balaban J connectivity index is 0.00000324. The summed E-state index contributed by atoms with van der Waals surface area (Å²) in [6.07, 6.45) is 9.07. The predicted octanol–water partition coefficient (Wildman–Crippen LogP) is 1.67. The second kappa shape index (κ2) is 7.96. The van der Waals surface area contributed by atoms with Crippen molar-refractivity contribution in [2.45, 2.75) is 38.2 Å². The lowest BCUT2D eigenvalue weighted by atomic mass is 9.85. The third kappa shape index (κ3) is 5.04. The first-order chi connectivity index (χ1) is 8.53. The summed E-state index contributed by atoms with van der Waals surface area (Å²) in [6, 6.07) is 0. The van der Waals surface area contributed by atoms with E-state index in [1.54, 1.807) is 13.2 Å². The van der Waals surface area contributed by atoms with Gasteiger partial charge in [-0.05, 0) is 6.42 Å². The summed E-state index contributed by atoms with van der Waals surface area (Å²) in [7, 11) is 1.66. The number of allylic oxidation sites excluding steroid dienone is 2. The van der Waals surface area contributed by atoms with Crippen molar-refractivity contribution >= 4 is 24.3 Å². The largest absolute Gasteiger partial charge is 0.374 e. The van der Waals surface area contributed by atoms with Gasteiger partial charge in [0, 0.05) is 19.1 Å². The van der Waals surface area contributed by atoms with Crippen LogP contribution in [-0.4, -0.2) is 24.6 Å². The lowest BCUT2D eigenvalue weighted by molar-refractivity contribution is -0.115. The van der Waals surface area contributed by atoms with Gasteiger partial charge in [-0.15, -0.1) is 12.4 Å². The van der Waals surface area contributed by atoms with Crippen molar-refractivity contribution < 1.29 is 9.53 Å². The first kappa shape index (κ1) is 17.7. The van der Waals surface area contributed by atoms with Gasteiger partial charge in [-0.25, -0.2) is 0 Å². The number of hydrogen-bond acceptors (Lipinski definition) is 2. The highest BCUT2D eigenvalue weighted by Crippen LogP contribution is 2.31. The van der Waals surface area contributed by atoms with Crippen LogP contribution in [0.15, 0.2) is 28.8 Å². The van der Waals surface area contributed by atoms with Crippen LogP contribution >= 0.6 is 12.4 Å². The normalized spacial score (nSPS) is 21.3. The Hall–Kier alpha value is -1.33. The average molecular weight is 288 g/mol. The molecular formula is C13H22ClN3O2. The molecule has 1 unspecified atom stereocenters. The number of unbranched alkanes of at least 4 members (excludes halogenated alkanes) is 1. The standard InChI is InChI=1S/C13H21N3O2.ClH/c1-3-4-7-13(18-2)8-5-6-10(9-13)11(17)16-12(14)15;/h5-6,8H,3-4,7,9H2,1-2H3,(H4,14,15,16,17);1H. The third-order valence-electron chi connectivity index (χ3n) is 3.05.